The van der Waals surface area contributed by atoms with E-state index in [1.54, 1.807) is 36.2 Å². The highest BCUT2D eigenvalue weighted by Gasteiger charge is 2.12. The topological polar surface area (TPSA) is 74.9 Å². The predicted octanol–water partition coefficient (Wildman–Crippen LogP) is 2.95. The van der Waals surface area contributed by atoms with Crippen LogP contribution in [0.2, 0.25) is 5.28 Å². The van der Waals surface area contributed by atoms with Crippen molar-refractivity contribution in [2.45, 2.75) is 20.0 Å². The van der Waals surface area contributed by atoms with Crippen LogP contribution < -0.4 is 9.64 Å². The number of halogens is 1. The molecule has 0 saturated carbocycles. The van der Waals surface area contributed by atoms with Crippen molar-refractivity contribution in [2.24, 2.45) is 0 Å². The van der Waals surface area contributed by atoms with Crippen LogP contribution in [0.1, 0.15) is 19.4 Å². The Hall–Kier alpha value is -2.39. The Bertz CT molecular complexity index is 666. The van der Waals surface area contributed by atoms with E-state index in [1.165, 1.54) is 0 Å². The molecule has 0 saturated heterocycles. The molecule has 6 nitrogen and oxygen atoms in total. The molecule has 1 heterocycles. The van der Waals surface area contributed by atoms with Crippen molar-refractivity contribution in [3.63, 3.8) is 0 Å². The number of anilines is 2. The molecule has 0 atom stereocenters. The Kier molecular flexibility index (Phi) is 4.55. The third-order valence-electron chi connectivity index (χ3n) is 2.60. The van der Waals surface area contributed by atoms with Gasteiger partial charge in [0, 0.05) is 12.7 Å². The molecule has 0 aliphatic carbocycles. The summed E-state index contributed by atoms with van der Waals surface area (Å²) in [6.45, 7) is 3.75. The fourth-order valence-corrected chi connectivity index (χ4v) is 1.76. The Labute approximate surface area is 128 Å². The van der Waals surface area contributed by atoms with Crippen molar-refractivity contribution >= 4 is 23.2 Å². The lowest BCUT2D eigenvalue weighted by atomic mass is 10.2. The van der Waals surface area contributed by atoms with E-state index in [1.807, 2.05) is 13.8 Å². The number of nitrogens with zero attached hydrogens (tertiary/aromatic N) is 5. The van der Waals surface area contributed by atoms with Gasteiger partial charge < -0.3 is 9.64 Å². The summed E-state index contributed by atoms with van der Waals surface area (Å²) >= 11 is 5.90. The maximum atomic E-state index is 8.81. The van der Waals surface area contributed by atoms with Gasteiger partial charge in [0.1, 0.15) is 0 Å². The van der Waals surface area contributed by atoms with Crippen molar-refractivity contribution in [1.29, 1.82) is 5.26 Å². The summed E-state index contributed by atoms with van der Waals surface area (Å²) in [5.41, 5.74) is 1.41. The molecule has 1 aromatic heterocycles. The first-order valence-corrected chi connectivity index (χ1v) is 6.69. The quantitative estimate of drug-likeness (QED) is 0.864. The molecular formula is C14H14ClN5O. The van der Waals surface area contributed by atoms with Gasteiger partial charge in [0.25, 0.3) is 0 Å². The summed E-state index contributed by atoms with van der Waals surface area (Å²) < 4.78 is 5.44. The van der Waals surface area contributed by atoms with Gasteiger partial charge in [-0.1, -0.05) is 0 Å². The maximum absolute atomic E-state index is 8.81. The summed E-state index contributed by atoms with van der Waals surface area (Å²) in [7, 11) is 1.80. The first-order chi connectivity index (χ1) is 9.99. The molecule has 0 spiro atoms. The molecule has 1 aromatic carbocycles. The SMILES string of the molecule is CC(C)Oc1nc(Cl)nc(N(C)c2ccc(C#N)cc2)n1. The smallest absolute Gasteiger partial charge is 0.322 e. The summed E-state index contributed by atoms with van der Waals surface area (Å²) in [4.78, 5) is 14.0. The maximum Gasteiger partial charge on any atom is 0.322 e. The first kappa shape index (κ1) is 15.0. The largest absolute Gasteiger partial charge is 0.461 e. The molecule has 7 heteroatoms. The Morgan fingerprint density at radius 2 is 1.86 bits per heavy atom. The molecule has 0 radical (unpaired) electrons. The van der Waals surface area contributed by atoms with Crippen LogP contribution >= 0.6 is 11.6 Å². The van der Waals surface area contributed by atoms with Crippen LogP contribution in [0, 0.1) is 11.3 Å². The predicted molar refractivity (Wildman–Crippen MR) is 79.8 cm³/mol. The Morgan fingerprint density at radius 3 is 2.43 bits per heavy atom. The third kappa shape index (κ3) is 3.80. The molecule has 2 rings (SSSR count). The first-order valence-electron chi connectivity index (χ1n) is 6.31. The van der Waals surface area contributed by atoms with Gasteiger partial charge in [-0.25, -0.2) is 0 Å². The molecule has 2 aromatic rings. The van der Waals surface area contributed by atoms with Crippen LogP contribution in [0.3, 0.4) is 0 Å². The van der Waals surface area contributed by atoms with Crippen LogP contribution in [-0.2, 0) is 0 Å². The second-order valence-electron chi connectivity index (χ2n) is 4.57. The molecule has 0 fully saturated rings. The summed E-state index contributed by atoms with van der Waals surface area (Å²) in [6.07, 6.45) is -0.0588. The van der Waals surface area contributed by atoms with Crippen molar-refractivity contribution in [1.82, 2.24) is 15.0 Å². The fourth-order valence-electron chi connectivity index (χ4n) is 1.61. The average molecular weight is 304 g/mol. The van der Waals surface area contributed by atoms with Crippen molar-refractivity contribution in [2.75, 3.05) is 11.9 Å². The summed E-state index contributed by atoms with van der Waals surface area (Å²) in [5, 5.41) is 8.88. The van der Waals surface area contributed by atoms with Crippen molar-refractivity contribution in [3.05, 3.63) is 35.1 Å². The Balaban J connectivity index is 2.31. The minimum absolute atomic E-state index is 0.0588. The fraction of sp³-hybridized carbons (Fsp3) is 0.286. The van der Waals surface area contributed by atoms with E-state index in [4.69, 9.17) is 21.6 Å². The normalized spacial score (nSPS) is 10.3. The van der Waals surface area contributed by atoms with Gasteiger partial charge >= 0.3 is 6.01 Å². The van der Waals surface area contributed by atoms with Crippen molar-refractivity contribution < 1.29 is 4.74 Å². The molecule has 0 aliphatic rings. The number of hydrogen-bond acceptors (Lipinski definition) is 6. The van der Waals surface area contributed by atoms with E-state index in [0.717, 1.165) is 5.69 Å². The highest BCUT2D eigenvalue weighted by atomic mass is 35.5. The zero-order valence-corrected chi connectivity index (χ0v) is 12.7. The van der Waals surface area contributed by atoms with E-state index < -0.39 is 0 Å². The van der Waals surface area contributed by atoms with Crippen LogP contribution in [0.4, 0.5) is 11.6 Å². The van der Waals surface area contributed by atoms with Crippen LogP contribution in [0.25, 0.3) is 0 Å². The number of ether oxygens (including phenoxy) is 1. The van der Waals surface area contributed by atoms with Crippen LogP contribution in [0.5, 0.6) is 6.01 Å². The number of aromatic nitrogens is 3. The minimum atomic E-state index is -0.0588. The van der Waals surface area contributed by atoms with Crippen LogP contribution in [0.15, 0.2) is 24.3 Å². The highest BCUT2D eigenvalue weighted by molar-refractivity contribution is 6.28. The van der Waals surface area contributed by atoms with Gasteiger partial charge in [0.05, 0.1) is 17.7 Å². The van der Waals surface area contributed by atoms with E-state index in [9.17, 15) is 0 Å². The van der Waals surface area contributed by atoms with Gasteiger partial charge in [-0.2, -0.15) is 20.2 Å². The van der Waals surface area contributed by atoms with E-state index in [2.05, 4.69) is 21.0 Å². The molecular weight excluding hydrogens is 290 g/mol. The van der Waals surface area contributed by atoms with Gasteiger partial charge in [-0.05, 0) is 49.7 Å². The second kappa shape index (κ2) is 6.37. The molecule has 0 unspecified atom stereocenters. The van der Waals surface area contributed by atoms with Gasteiger partial charge in [0.2, 0.25) is 11.2 Å². The second-order valence-corrected chi connectivity index (χ2v) is 4.91. The number of hydrogen-bond donors (Lipinski definition) is 0. The van der Waals surface area contributed by atoms with Gasteiger partial charge in [-0.15, -0.1) is 0 Å². The minimum Gasteiger partial charge on any atom is -0.461 e. The zero-order valence-electron chi connectivity index (χ0n) is 11.9. The molecule has 108 valence electrons. The standard InChI is InChI=1S/C14H14ClN5O/c1-9(2)21-14-18-12(15)17-13(19-14)20(3)11-6-4-10(8-16)5-7-11/h4-7,9H,1-3H3. The number of nitriles is 1. The zero-order chi connectivity index (χ0) is 15.4. The molecule has 0 N–H and O–H groups in total. The number of rotatable bonds is 4. The lowest BCUT2D eigenvalue weighted by Crippen LogP contribution is -2.16. The monoisotopic (exact) mass is 303 g/mol. The van der Waals surface area contributed by atoms with Gasteiger partial charge in [0.15, 0.2) is 0 Å². The van der Waals surface area contributed by atoms with E-state index in [0.29, 0.717) is 11.5 Å². The third-order valence-corrected chi connectivity index (χ3v) is 2.77. The van der Waals surface area contributed by atoms with Crippen molar-refractivity contribution in [3.8, 4) is 12.1 Å². The molecule has 0 amide bonds. The van der Waals surface area contributed by atoms with E-state index in [-0.39, 0.29) is 17.4 Å². The molecule has 0 aliphatic heterocycles. The molecule has 21 heavy (non-hydrogen) atoms. The highest BCUT2D eigenvalue weighted by Crippen LogP contribution is 2.23. The summed E-state index contributed by atoms with van der Waals surface area (Å²) in [6, 6.07) is 9.31. The van der Waals surface area contributed by atoms with Gasteiger partial charge in [-0.3, -0.25) is 0 Å². The average Bonchev–Trinajstić information content (AvgIpc) is 2.45. The lowest BCUT2D eigenvalue weighted by molar-refractivity contribution is 0.221. The van der Waals surface area contributed by atoms with E-state index >= 15 is 0 Å². The van der Waals surface area contributed by atoms with Crippen LogP contribution in [-0.4, -0.2) is 28.1 Å². The number of benzene rings is 1. The molecule has 0 bridgehead atoms. The summed E-state index contributed by atoms with van der Waals surface area (Å²) in [5.74, 6) is 0.371. The Morgan fingerprint density at radius 1 is 1.19 bits per heavy atom. The lowest BCUT2D eigenvalue weighted by Gasteiger charge is -2.18.